The zero-order valence-electron chi connectivity index (χ0n) is 18.7. The number of rotatable bonds is 7. The molecule has 8 heteroatoms. The van der Waals surface area contributed by atoms with Crippen molar-refractivity contribution in [1.82, 2.24) is 4.90 Å². The van der Waals surface area contributed by atoms with Crippen LogP contribution >= 0.6 is 34.4 Å². The van der Waals surface area contributed by atoms with Crippen molar-refractivity contribution < 1.29 is 19.4 Å². The molecule has 4 rings (SSSR count). The van der Waals surface area contributed by atoms with Crippen LogP contribution in [0, 0.1) is 3.57 Å². The summed E-state index contributed by atoms with van der Waals surface area (Å²) in [6.07, 6.45) is 1.81. The largest absolute Gasteiger partial charge is 0.504 e. The molecular weight excluding hydrogens is 563 g/mol. The number of carbonyl (C=O) groups excluding carboxylic acids is 1. The fraction of sp³-hybridized carbons (Fsp3) is 0.154. The van der Waals surface area contributed by atoms with Gasteiger partial charge in [0.15, 0.2) is 16.7 Å². The first-order chi connectivity index (χ1) is 16.5. The molecule has 1 N–H and O–H groups in total. The minimum absolute atomic E-state index is 0.0995. The molecule has 0 bridgehead atoms. The zero-order chi connectivity index (χ0) is 24.1. The number of amidine groups is 1. The second-order valence-corrected chi connectivity index (χ2v) is 9.53. The van der Waals surface area contributed by atoms with Crippen LogP contribution in [0.5, 0.6) is 17.2 Å². The molecule has 3 aromatic rings. The summed E-state index contributed by atoms with van der Waals surface area (Å²) < 4.78 is 11.4. The first-order valence-electron chi connectivity index (χ1n) is 10.6. The first kappa shape index (κ1) is 24.2. The average molecular weight is 586 g/mol. The van der Waals surface area contributed by atoms with Gasteiger partial charge in [0.25, 0.3) is 5.91 Å². The minimum Gasteiger partial charge on any atom is -0.504 e. The lowest BCUT2D eigenvalue weighted by molar-refractivity contribution is -0.122. The van der Waals surface area contributed by atoms with Gasteiger partial charge in [-0.25, -0.2) is 4.99 Å². The monoisotopic (exact) mass is 586 g/mol. The molecular formula is C26H23IN2O4S. The predicted molar refractivity (Wildman–Crippen MR) is 145 cm³/mol. The Morgan fingerprint density at radius 3 is 2.53 bits per heavy atom. The highest BCUT2D eigenvalue weighted by Gasteiger charge is 2.33. The molecule has 1 fully saturated rings. The van der Waals surface area contributed by atoms with E-state index in [1.165, 1.54) is 11.8 Å². The van der Waals surface area contributed by atoms with Gasteiger partial charge < -0.3 is 14.6 Å². The highest BCUT2D eigenvalue weighted by Crippen LogP contribution is 2.38. The molecule has 1 saturated heterocycles. The van der Waals surface area contributed by atoms with E-state index in [0.29, 0.717) is 32.5 Å². The van der Waals surface area contributed by atoms with Crippen molar-refractivity contribution in [2.75, 3.05) is 13.7 Å². The first-order valence-corrected chi connectivity index (χ1v) is 12.5. The van der Waals surface area contributed by atoms with E-state index >= 15 is 0 Å². The number of aliphatic imine (C=N–C) groups is 1. The number of nitrogens with zero attached hydrogens (tertiary/aromatic N) is 2. The maximum Gasteiger partial charge on any atom is 0.267 e. The van der Waals surface area contributed by atoms with Gasteiger partial charge in [0, 0.05) is 0 Å². The third-order valence-corrected chi connectivity index (χ3v) is 6.85. The molecule has 1 aliphatic rings. The lowest BCUT2D eigenvalue weighted by Gasteiger charge is -2.16. The molecule has 34 heavy (non-hydrogen) atoms. The second kappa shape index (κ2) is 11.0. The lowest BCUT2D eigenvalue weighted by Crippen LogP contribution is -2.28. The summed E-state index contributed by atoms with van der Waals surface area (Å²) in [6, 6.07) is 20.8. The summed E-state index contributed by atoms with van der Waals surface area (Å²) >= 11 is 3.39. The summed E-state index contributed by atoms with van der Waals surface area (Å²) in [5.41, 5.74) is 2.51. The summed E-state index contributed by atoms with van der Waals surface area (Å²) in [6.45, 7) is 2.67. The normalized spacial score (nSPS) is 15.9. The number of benzene rings is 3. The summed E-state index contributed by atoms with van der Waals surface area (Å²) in [5, 5.41) is 10.9. The number of ether oxygens (including phenoxy) is 2. The van der Waals surface area contributed by atoms with Gasteiger partial charge in [-0.15, -0.1) is 0 Å². The maximum atomic E-state index is 13.4. The minimum atomic E-state index is -0.128. The molecule has 1 heterocycles. The maximum absolute atomic E-state index is 13.4. The van der Waals surface area contributed by atoms with Crippen molar-refractivity contribution in [3.63, 3.8) is 0 Å². The van der Waals surface area contributed by atoms with Crippen molar-refractivity contribution in [3.05, 3.63) is 86.3 Å². The number of hydrogen-bond acceptors (Lipinski definition) is 6. The van der Waals surface area contributed by atoms with Crippen LogP contribution in [-0.2, 0) is 11.3 Å². The number of phenols is 1. The smallest absolute Gasteiger partial charge is 0.267 e. The van der Waals surface area contributed by atoms with Crippen LogP contribution in [0.4, 0.5) is 5.69 Å². The van der Waals surface area contributed by atoms with Gasteiger partial charge in [-0.1, -0.05) is 30.3 Å². The molecule has 0 radical (unpaired) electrons. The van der Waals surface area contributed by atoms with E-state index < -0.39 is 0 Å². The van der Waals surface area contributed by atoms with Crippen LogP contribution in [0.2, 0.25) is 0 Å². The molecule has 0 unspecified atom stereocenters. The summed E-state index contributed by atoms with van der Waals surface area (Å²) in [4.78, 5) is 20.4. The van der Waals surface area contributed by atoms with Crippen molar-refractivity contribution in [2.45, 2.75) is 13.5 Å². The molecule has 1 amide bonds. The lowest BCUT2D eigenvalue weighted by atomic mass is 10.1. The molecule has 0 aliphatic carbocycles. The van der Waals surface area contributed by atoms with Crippen molar-refractivity contribution in [2.24, 2.45) is 4.99 Å². The number of amides is 1. The van der Waals surface area contributed by atoms with E-state index in [1.807, 2.05) is 73.7 Å². The van der Waals surface area contributed by atoms with Crippen LogP contribution in [0.3, 0.4) is 0 Å². The zero-order valence-corrected chi connectivity index (χ0v) is 21.7. The predicted octanol–water partition coefficient (Wildman–Crippen LogP) is 6.21. The fourth-order valence-electron chi connectivity index (χ4n) is 3.35. The molecule has 1 aliphatic heterocycles. The standard InChI is InChI=1S/C26H23IN2O4S/c1-3-33-22-14-18(13-21(27)24(22)30)15-23-25(31)29(16-17-9-11-20(32-2)12-10-17)26(34-23)28-19-7-5-4-6-8-19/h4-15,30H,3,16H2,1-2H3/b23-15-,28-26?. The Bertz CT molecular complexity index is 1240. The van der Waals surface area contributed by atoms with Gasteiger partial charge in [-0.3, -0.25) is 9.69 Å². The van der Waals surface area contributed by atoms with Gasteiger partial charge in [-0.05, 0) is 94.9 Å². The average Bonchev–Trinajstić information content (AvgIpc) is 3.12. The molecule has 0 saturated carbocycles. The second-order valence-electron chi connectivity index (χ2n) is 7.36. The molecule has 0 spiro atoms. The Labute approximate surface area is 216 Å². The topological polar surface area (TPSA) is 71.4 Å². The number of methoxy groups -OCH3 is 1. The Balaban J connectivity index is 1.70. The van der Waals surface area contributed by atoms with E-state index in [-0.39, 0.29) is 11.7 Å². The molecule has 6 nitrogen and oxygen atoms in total. The Morgan fingerprint density at radius 2 is 1.85 bits per heavy atom. The molecule has 0 atom stereocenters. The van der Waals surface area contributed by atoms with Crippen LogP contribution in [0.1, 0.15) is 18.1 Å². The third-order valence-electron chi connectivity index (χ3n) is 5.02. The van der Waals surface area contributed by atoms with E-state index in [4.69, 9.17) is 14.5 Å². The van der Waals surface area contributed by atoms with E-state index in [0.717, 1.165) is 22.6 Å². The SMILES string of the molecule is CCOc1cc(/C=C2\SC(=Nc3ccccc3)N(Cc3ccc(OC)cc3)C2=O)cc(I)c1O. The number of thioether (sulfide) groups is 1. The van der Waals surface area contributed by atoms with Gasteiger partial charge in [0.2, 0.25) is 0 Å². The van der Waals surface area contributed by atoms with Crippen molar-refractivity contribution in [3.8, 4) is 17.2 Å². The fourth-order valence-corrected chi connectivity index (χ4v) is 4.97. The van der Waals surface area contributed by atoms with Gasteiger partial charge in [-0.2, -0.15) is 0 Å². The number of phenolic OH excluding ortho intramolecular Hbond substituents is 1. The van der Waals surface area contributed by atoms with Gasteiger partial charge in [0.05, 0.1) is 34.4 Å². The quantitative estimate of drug-likeness (QED) is 0.264. The number of carbonyl (C=O) groups is 1. The van der Waals surface area contributed by atoms with Crippen LogP contribution in [0.15, 0.2) is 76.6 Å². The van der Waals surface area contributed by atoms with Crippen LogP contribution in [-0.4, -0.2) is 34.8 Å². The summed E-state index contributed by atoms with van der Waals surface area (Å²) in [5.74, 6) is 1.13. The van der Waals surface area contributed by atoms with Crippen molar-refractivity contribution in [1.29, 1.82) is 0 Å². The number of hydrogen-bond donors (Lipinski definition) is 1. The van der Waals surface area contributed by atoms with E-state index in [9.17, 15) is 9.90 Å². The Hall–Kier alpha value is -2.98. The Morgan fingerprint density at radius 1 is 1.12 bits per heavy atom. The van der Waals surface area contributed by atoms with Gasteiger partial charge >= 0.3 is 0 Å². The number of para-hydroxylation sites is 1. The third kappa shape index (κ3) is 5.56. The Kier molecular flexibility index (Phi) is 7.79. The highest BCUT2D eigenvalue weighted by atomic mass is 127. The van der Waals surface area contributed by atoms with E-state index in [2.05, 4.69) is 22.6 Å². The highest BCUT2D eigenvalue weighted by molar-refractivity contribution is 14.1. The number of aromatic hydroxyl groups is 1. The molecule has 0 aromatic heterocycles. The molecule has 174 valence electrons. The van der Waals surface area contributed by atoms with Crippen LogP contribution < -0.4 is 9.47 Å². The van der Waals surface area contributed by atoms with Crippen LogP contribution in [0.25, 0.3) is 6.08 Å². The summed E-state index contributed by atoms with van der Waals surface area (Å²) in [7, 11) is 1.62. The van der Waals surface area contributed by atoms with Gasteiger partial charge in [0.1, 0.15) is 5.75 Å². The number of halogens is 1. The van der Waals surface area contributed by atoms with E-state index in [1.54, 1.807) is 18.1 Å². The molecule has 3 aromatic carbocycles. The van der Waals surface area contributed by atoms with Crippen molar-refractivity contribution >= 4 is 57.2 Å².